The number of carbonyl (C=O) groups excluding carboxylic acids is 3. The van der Waals surface area contributed by atoms with Crippen molar-refractivity contribution in [2.24, 2.45) is 0 Å². The summed E-state index contributed by atoms with van der Waals surface area (Å²) in [4.78, 5) is 36.5. The Morgan fingerprint density at radius 1 is 0.426 bits per heavy atom. The zero-order valence-corrected chi connectivity index (χ0v) is 31.1. The first-order valence-electron chi connectivity index (χ1n) is 17.7. The van der Waals surface area contributed by atoms with Gasteiger partial charge >= 0.3 is 17.9 Å². The molecule has 3 aromatic rings. The van der Waals surface area contributed by atoms with Crippen molar-refractivity contribution in [3.05, 3.63) is 89.5 Å². The van der Waals surface area contributed by atoms with Crippen molar-refractivity contribution in [2.75, 3.05) is 89.9 Å². The number of nitrogens with two attached hydrogens (primary N) is 3. The van der Waals surface area contributed by atoms with Crippen molar-refractivity contribution < 1.29 is 57.0 Å². The van der Waals surface area contributed by atoms with E-state index in [9.17, 15) is 14.4 Å². The van der Waals surface area contributed by atoms with Crippen LogP contribution in [0.4, 0.5) is 17.1 Å². The van der Waals surface area contributed by atoms with Gasteiger partial charge in [-0.1, -0.05) is 0 Å². The zero-order valence-electron chi connectivity index (χ0n) is 31.1. The Hall–Kier alpha value is -4.77. The lowest BCUT2D eigenvalue weighted by Crippen LogP contribution is -2.32. The van der Waals surface area contributed by atoms with Crippen molar-refractivity contribution in [3.63, 3.8) is 0 Å². The fourth-order valence-electron chi connectivity index (χ4n) is 4.55. The van der Waals surface area contributed by atoms with E-state index in [0.29, 0.717) is 33.8 Å². The molecule has 0 saturated heterocycles. The molecule has 15 heteroatoms. The van der Waals surface area contributed by atoms with Gasteiger partial charge in [-0.25, -0.2) is 14.4 Å². The predicted molar refractivity (Wildman–Crippen MR) is 201 cm³/mol. The van der Waals surface area contributed by atoms with Crippen LogP contribution in [-0.2, 0) is 42.6 Å². The van der Waals surface area contributed by atoms with Gasteiger partial charge in [-0.15, -0.1) is 0 Å². The summed E-state index contributed by atoms with van der Waals surface area (Å²) >= 11 is 0. The Bertz CT molecular complexity index is 1450. The molecular formula is C39H53N3O12. The van der Waals surface area contributed by atoms with E-state index in [4.69, 9.17) is 59.8 Å². The first-order valence-corrected chi connectivity index (χ1v) is 17.7. The summed E-state index contributed by atoms with van der Waals surface area (Å²) in [5.74, 6) is -1.39. The quantitative estimate of drug-likeness (QED) is 0.0458. The minimum Gasteiger partial charge on any atom is -0.460 e. The molecule has 54 heavy (non-hydrogen) atoms. The van der Waals surface area contributed by atoms with E-state index >= 15 is 0 Å². The third kappa shape index (κ3) is 17.8. The first-order chi connectivity index (χ1) is 26.0. The second-order valence-corrected chi connectivity index (χ2v) is 12.3. The molecule has 0 aliphatic heterocycles. The Morgan fingerprint density at radius 2 is 0.722 bits per heavy atom. The largest absolute Gasteiger partial charge is 0.460 e. The monoisotopic (exact) mass is 755 g/mol. The summed E-state index contributed by atoms with van der Waals surface area (Å²) in [5.41, 5.74) is 19.9. The number of rotatable bonds is 26. The first kappa shape index (κ1) is 43.6. The summed E-state index contributed by atoms with van der Waals surface area (Å²) in [6.45, 7) is 7.44. The highest BCUT2D eigenvalue weighted by Gasteiger charge is 2.16. The van der Waals surface area contributed by atoms with Crippen LogP contribution in [0.25, 0.3) is 0 Å². The van der Waals surface area contributed by atoms with E-state index in [1.807, 2.05) is 20.8 Å². The fourth-order valence-corrected chi connectivity index (χ4v) is 4.55. The van der Waals surface area contributed by atoms with E-state index in [0.717, 1.165) is 0 Å². The van der Waals surface area contributed by atoms with Crippen LogP contribution in [0.3, 0.4) is 0 Å². The molecule has 3 atom stereocenters. The third-order valence-corrected chi connectivity index (χ3v) is 7.47. The van der Waals surface area contributed by atoms with Crippen LogP contribution in [0.1, 0.15) is 51.8 Å². The smallest absolute Gasteiger partial charge is 0.338 e. The molecule has 0 aromatic heterocycles. The van der Waals surface area contributed by atoms with Crippen LogP contribution in [0.5, 0.6) is 0 Å². The van der Waals surface area contributed by atoms with Gasteiger partial charge in [0, 0.05) is 17.1 Å². The molecule has 0 spiro atoms. The topological polar surface area (TPSA) is 212 Å². The van der Waals surface area contributed by atoms with Crippen LogP contribution in [0, 0.1) is 0 Å². The standard InChI is InChI=1S/C39H53N3O12/c1-27(48-16-19-51-37(43)30-4-10-33(40)11-5-30)22-46-25-36(54-24-29(3)50-18-21-53-39(45)32-8-14-35(42)15-9-32)26-47-23-28(2)49-17-20-52-38(44)31-6-12-34(41)13-7-31/h4-15,27-29,36H,16-26,40-42H2,1-3H3. The summed E-state index contributed by atoms with van der Waals surface area (Å²) < 4.78 is 50.8. The molecule has 0 heterocycles. The maximum atomic E-state index is 12.2. The van der Waals surface area contributed by atoms with E-state index in [2.05, 4.69) is 0 Å². The van der Waals surface area contributed by atoms with Crippen molar-refractivity contribution in [1.29, 1.82) is 0 Å². The van der Waals surface area contributed by atoms with E-state index in [-0.39, 0.29) is 91.0 Å². The van der Waals surface area contributed by atoms with Crippen LogP contribution in [-0.4, -0.2) is 115 Å². The predicted octanol–water partition coefficient (Wildman–Crippen LogP) is 3.94. The molecule has 3 unspecified atom stereocenters. The Kier molecular flexibility index (Phi) is 19.8. The number of hydrogen-bond acceptors (Lipinski definition) is 15. The van der Waals surface area contributed by atoms with E-state index < -0.39 is 24.0 Å². The molecule has 0 aliphatic carbocycles. The van der Waals surface area contributed by atoms with Crippen molar-refractivity contribution in [1.82, 2.24) is 0 Å². The molecule has 6 N–H and O–H groups in total. The van der Waals surface area contributed by atoms with E-state index in [1.54, 1.807) is 72.8 Å². The molecule has 0 fully saturated rings. The van der Waals surface area contributed by atoms with Gasteiger partial charge in [-0.05, 0) is 93.6 Å². The van der Waals surface area contributed by atoms with Gasteiger partial charge in [0.05, 0.1) is 87.9 Å². The van der Waals surface area contributed by atoms with E-state index in [1.165, 1.54) is 0 Å². The Balaban J connectivity index is 1.35. The van der Waals surface area contributed by atoms with Crippen molar-refractivity contribution in [2.45, 2.75) is 45.2 Å². The van der Waals surface area contributed by atoms with Crippen molar-refractivity contribution in [3.8, 4) is 0 Å². The average Bonchev–Trinajstić information content (AvgIpc) is 3.16. The lowest BCUT2D eigenvalue weighted by molar-refractivity contribution is -0.111. The summed E-state index contributed by atoms with van der Waals surface area (Å²) in [6.07, 6.45) is -1.36. The number of carbonyl (C=O) groups is 3. The van der Waals surface area contributed by atoms with Gasteiger partial charge < -0.3 is 59.8 Å². The van der Waals surface area contributed by atoms with Gasteiger partial charge in [0.15, 0.2) is 0 Å². The number of benzene rings is 3. The van der Waals surface area contributed by atoms with Gasteiger partial charge in [0.2, 0.25) is 0 Å². The lowest BCUT2D eigenvalue weighted by atomic mass is 10.2. The average molecular weight is 756 g/mol. The molecule has 0 bridgehead atoms. The molecule has 296 valence electrons. The zero-order chi connectivity index (χ0) is 39.1. The molecule has 0 amide bonds. The fraction of sp³-hybridized carbons (Fsp3) is 0.462. The molecule has 0 radical (unpaired) electrons. The second-order valence-electron chi connectivity index (χ2n) is 12.3. The summed E-state index contributed by atoms with van der Waals surface area (Å²) in [5, 5.41) is 0. The van der Waals surface area contributed by atoms with Gasteiger partial charge in [-0.3, -0.25) is 0 Å². The van der Waals surface area contributed by atoms with Crippen LogP contribution < -0.4 is 17.2 Å². The van der Waals surface area contributed by atoms with Crippen molar-refractivity contribution >= 4 is 35.0 Å². The van der Waals surface area contributed by atoms with Gasteiger partial charge in [0.25, 0.3) is 0 Å². The number of nitrogen functional groups attached to an aromatic ring is 3. The summed E-state index contributed by atoms with van der Waals surface area (Å²) in [6, 6.07) is 19.4. The maximum absolute atomic E-state index is 12.2. The van der Waals surface area contributed by atoms with Gasteiger partial charge in [-0.2, -0.15) is 0 Å². The molecule has 3 aromatic carbocycles. The minimum atomic E-state index is -0.466. The van der Waals surface area contributed by atoms with Gasteiger partial charge in [0.1, 0.15) is 25.9 Å². The Morgan fingerprint density at radius 3 is 1.04 bits per heavy atom. The maximum Gasteiger partial charge on any atom is 0.338 e. The Labute approximate surface area is 316 Å². The molecule has 0 aliphatic rings. The van der Waals surface area contributed by atoms with Crippen LogP contribution in [0.2, 0.25) is 0 Å². The number of esters is 3. The number of ether oxygens (including phenoxy) is 9. The molecular weight excluding hydrogens is 702 g/mol. The van der Waals surface area contributed by atoms with Crippen LogP contribution in [0.15, 0.2) is 72.8 Å². The second kappa shape index (κ2) is 24.5. The SMILES string of the molecule is CC(COCC(COCC(C)OCCOC(=O)c1ccc(N)cc1)OCC(C)OCCOC(=O)c1ccc(N)cc1)OCCOC(=O)c1ccc(N)cc1. The highest BCUT2D eigenvalue weighted by atomic mass is 16.6. The van der Waals surface area contributed by atoms with Crippen LogP contribution >= 0.6 is 0 Å². The molecule has 15 nitrogen and oxygen atoms in total. The number of anilines is 3. The highest BCUT2D eigenvalue weighted by molar-refractivity contribution is 5.90. The normalized spacial score (nSPS) is 13.4. The molecule has 0 saturated carbocycles. The number of hydrogen-bond donors (Lipinski definition) is 3. The highest BCUT2D eigenvalue weighted by Crippen LogP contribution is 2.10. The third-order valence-electron chi connectivity index (χ3n) is 7.47. The lowest BCUT2D eigenvalue weighted by Gasteiger charge is -2.23. The minimum absolute atomic E-state index is 0.0696. The molecule has 3 rings (SSSR count). The summed E-state index contributed by atoms with van der Waals surface area (Å²) in [7, 11) is 0.